The second-order valence-corrected chi connectivity index (χ2v) is 6.40. The fourth-order valence-electron chi connectivity index (χ4n) is 2.49. The monoisotopic (exact) mass is 312 g/mol. The Morgan fingerprint density at radius 3 is 2.24 bits per heavy atom. The fraction of sp³-hybridized carbons (Fsp3) is 0.158. The predicted octanol–water partition coefficient (Wildman–Crippen LogP) is 6.31. The lowest BCUT2D eigenvalue weighted by molar-refractivity contribution is 1.08. The lowest BCUT2D eigenvalue weighted by Crippen LogP contribution is -1.94. The number of rotatable bonds is 4. The zero-order chi connectivity index (χ0) is 14.7. The fourth-order valence-corrected chi connectivity index (χ4v) is 3.93. The van der Waals surface area contributed by atoms with Crippen LogP contribution in [0.5, 0.6) is 0 Å². The van der Waals surface area contributed by atoms with Crippen LogP contribution in [0.15, 0.2) is 66.0 Å². The molecule has 106 valence electrons. The van der Waals surface area contributed by atoms with Crippen molar-refractivity contribution in [3.8, 4) is 11.1 Å². The van der Waals surface area contributed by atoms with E-state index in [-0.39, 0.29) is 5.38 Å². The normalized spacial score (nSPS) is 12.3. The van der Waals surface area contributed by atoms with Gasteiger partial charge in [0.15, 0.2) is 0 Å². The van der Waals surface area contributed by atoms with Crippen LogP contribution in [0, 0.1) is 0 Å². The molecule has 0 aliphatic rings. The molecule has 0 fully saturated rings. The van der Waals surface area contributed by atoms with Crippen LogP contribution in [0.4, 0.5) is 0 Å². The van der Waals surface area contributed by atoms with Crippen LogP contribution in [-0.2, 0) is 6.42 Å². The van der Waals surface area contributed by atoms with Crippen molar-refractivity contribution < 1.29 is 0 Å². The summed E-state index contributed by atoms with van der Waals surface area (Å²) >= 11 is 8.41. The molecular weight excluding hydrogens is 296 g/mol. The minimum Gasteiger partial charge on any atom is -0.147 e. The zero-order valence-corrected chi connectivity index (χ0v) is 13.5. The first kappa shape index (κ1) is 14.4. The van der Waals surface area contributed by atoms with Gasteiger partial charge in [-0.05, 0) is 40.1 Å². The number of thiophene rings is 1. The average molecular weight is 313 g/mol. The van der Waals surface area contributed by atoms with Crippen LogP contribution in [0.3, 0.4) is 0 Å². The Kier molecular flexibility index (Phi) is 4.42. The van der Waals surface area contributed by atoms with Crippen molar-refractivity contribution >= 4 is 22.9 Å². The smallest absolute Gasteiger partial charge is 0.0930 e. The van der Waals surface area contributed by atoms with E-state index < -0.39 is 0 Å². The average Bonchev–Trinajstić information content (AvgIpc) is 3.04. The summed E-state index contributed by atoms with van der Waals surface area (Å²) in [5.74, 6) is 0. The highest BCUT2D eigenvalue weighted by molar-refractivity contribution is 7.10. The molecule has 1 aromatic heterocycles. The Bertz CT molecular complexity index is 698. The molecule has 0 aliphatic heterocycles. The van der Waals surface area contributed by atoms with Gasteiger partial charge in [-0.15, -0.1) is 22.9 Å². The van der Waals surface area contributed by atoms with Gasteiger partial charge in [0, 0.05) is 4.88 Å². The molecule has 0 amide bonds. The van der Waals surface area contributed by atoms with Crippen LogP contribution in [0.1, 0.15) is 28.3 Å². The summed E-state index contributed by atoms with van der Waals surface area (Å²) in [6.45, 7) is 2.17. The second-order valence-electron chi connectivity index (χ2n) is 5.01. The Morgan fingerprint density at radius 1 is 0.905 bits per heavy atom. The maximum absolute atomic E-state index is 6.67. The molecule has 0 nitrogen and oxygen atoms in total. The van der Waals surface area contributed by atoms with Gasteiger partial charge in [0.1, 0.15) is 0 Å². The van der Waals surface area contributed by atoms with Gasteiger partial charge in [-0.2, -0.15) is 0 Å². The van der Waals surface area contributed by atoms with E-state index in [1.165, 1.54) is 21.6 Å². The topological polar surface area (TPSA) is 0 Å². The molecule has 1 atom stereocenters. The van der Waals surface area contributed by atoms with Crippen LogP contribution in [0.25, 0.3) is 11.1 Å². The molecule has 3 aromatic rings. The number of benzene rings is 2. The molecule has 0 saturated heterocycles. The highest BCUT2D eigenvalue weighted by atomic mass is 35.5. The van der Waals surface area contributed by atoms with Gasteiger partial charge in [-0.3, -0.25) is 0 Å². The number of hydrogen-bond donors (Lipinski definition) is 0. The van der Waals surface area contributed by atoms with Gasteiger partial charge < -0.3 is 0 Å². The molecule has 0 bridgehead atoms. The SMILES string of the molecule is CCc1ccsc1C(Cl)c1ccc(-c2ccccc2)cc1. The van der Waals surface area contributed by atoms with Crippen molar-refractivity contribution in [1.82, 2.24) is 0 Å². The molecule has 2 heteroatoms. The molecule has 0 aliphatic carbocycles. The zero-order valence-electron chi connectivity index (χ0n) is 11.9. The molecule has 0 N–H and O–H groups in total. The Labute approximate surface area is 135 Å². The number of aryl methyl sites for hydroxylation is 1. The van der Waals surface area contributed by atoms with E-state index >= 15 is 0 Å². The van der Waals surface area contributed by atoms with Crippen LogP contribution >= 0.6 is 22.9 Å². The van der Waals surface area contributed by atoms with E-state index in [0.717, 1.165) is 12.0 Å². The third-order valence-corrected chi connectivity index (χ3v) is 5.33. The number of halogens is 1. The summed E-state index contributed by atoms with van der Waals surface area (Å²) in [5.41, 5.74) is 4.98. The van der Waals surface area contributed by atoms with E-state index in [0.29, 0.717) is 0 Å². The summed E-state index contributed by atoms with van der Waals surface area (Å²) in [6, 6.07) is 21.2. The summed E-state index contributed by atoms with van der Waals surface area (Å²) in [6.07, 6.45) is 1.03. The highest BCUT2D eigenvalue weighted by Crippen LogP contribution is 2.35. The lowest BCUT2D eigenvalue weighted by atomic mass is 10.0. The highest BCUT2D eigenvalue weighted by Gasteiger charge is 2.15. The largest absolute Gasteiger partial charge is 0.147 e. The first-order valence-electron chi connectivity index (χ1n) is 7.15. The summed E-state index contributed by atoms with van der Waals surface area (Å²) < 4.78 is 0. The summed E-state index contributed by atoms with van der Waals surface area (Å²) in [7, 11) is 0. The standard InChI is InChI=1S/C19H17ClS/c1-2-14-12-13-21-19(14)18(20)17-10-8-16(9-11-17)15-6-4-3-5-7-15/h3-13,18H,2H2,1H3. The molecule has 0 spiro atoms. The van der Waals surface area contributed by atoms with Gasteiger partial charge in [-0.1, -0.05) is 61.5 Å². The van der Waals surface area contributed by atoms with Crippen molar-refractivity contribution in [3.05, 3.63) is 82.0 Å². The van der Waals surface area contributed by atoms with Crippen molar-refractivity contribution in [3.63, 3.8) is 0 Å². The van der Waals surface area contributed by atoms with Crippen molar-refractivity contribution in [1.29, 1.82) is 0 Å². The van der Waals surface area contributed by atoms with Crippen molar-refractivity contribution in [2.75, 3.05) is 0 Å². The Hall–Kier alpha value is -1.57. The van der Waals surface area contributed by atoms with Crippen molar-refractivity contribution in [2.24, 2.45) is 0 Å². The molecule has 0 radical (unpaired) electrons. The lowest BCUT2D eigenvalue weighted by Gasteiger charge is -2.11. The second kappa shape index (κ2) is 6.46. The number of alkyl halides is 1. The van der Waals surface area contributed by atoms with Gasteiger partial charge in [-0.25, -0.2) is 0 Å². The molecule has 21 heavy (non-hydrogen) atoms. The van der Waals surface area contributed by atoms with Gasteiger partial charge in [0.25, 0.3) is 0 Å². The van der Waals surface area contributed by atoms with Crippen LogP contribution < -0.4 is 0 Å². The molecule has 3 rings (SSSR count). The van der Waals surface area contributed by atoms with Crippen molar-refractivity contribution in [2.45, 2.75) is 18.7 Å². The predicted molar refractivity (Wildman–Crippen MR) is 93.3 cm³/mol. The number of hydrogen-bond acceptors (Lipinski definition) is 1. The first-order valence-corrected chi connectivity index (χ1v) is 8.47. The molecule has 0 saturated carbocycles. The van der Waals surface area contributed by atoms with Crippen LogP contribution in [0.2, 0.25) is 0 Å². The third kappa shape index (κ3) is 3.04. The Morgan fingerprint density at radius 2 is 1.57 bits per heavy atom. The summed E-state index contributed by atoms with van der Waals surface area (Å²) in [4.78, 5) is 1.27. The van der Waals surface area contributed by atoms with E-state index in [1.807, 2.05) is 6.07 Å². The summed E-state index contributed by atoms with van der Waals surface area (Å²) in [5, 5.41) is 2.08. The molecule has 1 unspecified atom stereocenters. The Balaban J connectivity index is 1.87. The first-order chi connectivity index (χ1) is 10.3. The maximum Gasteiger partial charge on any atom is 0.0930 e. The van der Waals surface area contributed by atoms with E-state index in [1.54, 1.807) is 11.3 Å². The molecular formula is C19H17ClS. The minimum absolute atomic E-state index is 0.0511. The molecule has 2 aromatic carbocycles. The van der Waals surface area contributed by atoms with Gasteiger partial charge in [0.05, 0.1) is 5.38 Å². The van der Waals surface area contributed by atoms with E-state index in [2.05, 4.69) is 66.9 Å². The molecule has 1 heterocycles. The van der Waals surface area contributed by atoms with E-state index in [9.17, 15) is 0 Å². The maximum atomic E-state index is 6.67. The minimum atomic E-state index is -0.0511. The quantitative estimate of drug-likeness (QED) is 0.495. The van der Waals surface area contributed by atoms with Crippen LogP contribution in [-0.4, -0.2) is 0 Å². The van der Waals surface area contributed by atoms with E-state index in [4.69, 9.17) is 11.6 Å². The van der Waals surface area contributed by atoms with Gasteiger partial charge >= 0.3 is 0 Å². The van der Waals surface area contributed by atoms with Gasteiger partial charge in [0.2, 0.25) is 0 Å². The third-order valence-electron chi connectivity index (χ3n) is 3.70.